The van der Waals surface area contributed by atoms with Gasteiger partial charge in [0.2, 0.25) is 0 Å². The summed E-state index contributed by atoms with van der Waals surface area (Å²) in [6.07, 6.45) is 3.68. The van der Waals surface area contributed by atoms with Crippen LogP contribution in [0.4, 0.5) is 11.6 Å². The number of rotatable bonds is 4. The van der Waals surface area contributed by atoms with Crippen LogP contribution in [0.5, 0.6) is 0 Å². The van der Waals surface area contributed by atoms with Gasteiger partial charge < -0.3 is 9.80 Å². The van der Waals surface area contributed by atoms with Gasteiger partial charge in [-0.1, -0.05) is 0 Å². The molecular weight excluding hydrogens is 304 g/mol. The highest BCUT2D eigenvalue weighted by molar-refractivity contribution is 5.49. The molecule has 1 aliphatic heterocycles. The zero-order chi connectivity index (χ0) is 17.1. The summed E-state index contributed by atoms with van der Waals surface area (Å²) >= 11 is 0. The highest BCUT2D eigenvalue weighted by Crippen LogP contribution is 2.24. The minimum Gasteiger partial charge on any atom is -0.363 e. The maximum Gasteiger partial charge on any atom is 0.266 e. The molecule has 1 aliphatic rings. The van der Waals surface area contributed by atoms with Crippen LogP contribution in [0.3, 0.4) is 0 Å². The maximum atomic E-state index is 11.9. The highest BCUT2D eigenvalue weighted by Gasteiger charge is 2.21. The molecule has 0 saturated carbocycles. The van der Waals surface area contributed by atoms with Crippen molar-refractivity contribution in [3.8, 4) is 0 Å². The number of nitrogens with zero attached hydrogens (tertiary/aromatic N) is 6. The zero-order valence-corrected chi connectivity index (χ0v) is 14.5. The molecule has 0 unspecified atom stereocenters. The van der Waals surface area contributed by atoms with Crippen molar-refractivity contribution < 1.29 is 0 Å². The van der Waals surface area contributed by atoms with Gasteiger partial charge in [-0.3, -0.25) is 4.79 Å². The number of hydrogen-bond acceptors (Lipinski definition) is 6. The number of aromatic nitrogens is 4. The third kappa shape index (κ3) is 3.72. The lowest BCUT2D eigenvalue weighted by molar-refractivity contribution is 0.333. The summed E-state index contributed by atoms with van der Waals surface area (Å²) < 4.78 is 1.60. The first-order valence-corrected chi connectivity index (χ1v) is 8.32. The molecule has 0 spiro atoms. The summed E-state index contributed by atoms with van der Waals surface area (Å²) in [5, 5.41) is 4.34. The predicted octanol–water partition coefficient (Wildman–Crippen LogP) is 1.32. The lowest BCUT2D eigenvalue weighted by Crippen LogP contribution is -2.37. The monoisotopic (exact) mass is 328 g/mol. The van der Waals surface area contributed by atoms with Crippen molar-refractivity contribution in [1.29, 1.82) is 0 Å². The fraction of sp³-hybridized carbons (Fsp3) is 0.529. The molecule has 1 saturated heterocycles. The average Bonchev–Trinajstić information content (AvgIpc) is 2.59. The lowest BCUT2D eigenvalue weighted by atomic mass is 9.97. The molecule has 24 heavy (non-hydrogen) atoms. The zero-order valence-electron chi connectivity index (χ0n) is 14.5. The lowest BCUT2D eigenvalue weighted by Gasteiger charge is -2.33. The van der Waals surface area contributed by atoms with E-state index >= 15 is 0 Å². The molecule has 2 aromatic rings. The molecule has 0 amide bonds. The molecule has 0 atom stereocenters. The van der Waals surface area contributed by atoms with E-state index in [4.69, 9.17) is 0 Å². The van der Waals surface area contributed by atoms with Crippen LogP contribution in [0.2, 0.25) is 0 Å². The summed E-state index contributed by atoms with van der Waals surface area (Å²) in [6.45, 7) is 4.49. The van der Waals surface area contributed by atoms with Gasteiger partial charge in [-0.25, -0.2) is 14.6 Å². The summed E-state index contributed by atoms with van der Waals surface area (Å²) in [5.74, 6) is 2.36. The molecule has 7 heteroatoms. The third-order valence-electron chi connectivity index (χ3n) is 4.47. The topological polar surface area (TPSA) is 67.2 Å². The van der Waals surface area contributed by atoms with Gasteiger partial charge in [0.15, 0.2) is 0 Å². The molecule has 0 N–H and O–H groups in total. The smallest absolute Gasteiger partial charge is 0.266 e. The van der Waals surface area contributed by atoms with E-state index in [9.17, 15) is 4.79 Å². The van der Waals surface area contributed by atoms with Crippen LogP contribution in [0, 0.1) is 12.8 Å². The van der Waals surface area contributed by atoms with Crippen molar-refractivity contribution in [2.45, 2.75) is 26.3 Å². The van der Waals surface area contributed by atoms with E-state index in [1.165, 1.54) is 0 Å². The molecule has 7 nitrogen and oxygen atoms in total. The Balaban J connectivity index is 1.62. The van der Waals surface area contributed by atoms with Crippen LogP contribution in [-0.4, -0.2) is 46.9 Å². The Morgan fingerprint density at radius 3 is 2.67 bits per heavy atom. The molecular formula is C17H24N6O. The van der Waals surface area contributed by atoms with Crippen LogP contribution in [-0.2, 0) is 6.54 Å². The Bertz CT molecular complexity index is 749. The molecule has 128 valence electrons. The van der Waals surface area contributed by atoms with Crippen molar-refractivity contribution in [3.05, 3.63) is 40.6 Å². The van der Waals surface area contributed by atoms with Gasteiger partial charge in [-0.2, -0.15) is 5.10 Å². The first kappa shape index (κ1) is 16.4. The fourth-order valence-corrected chi connectivity index (χ4v) is 3.03. The Morgan fingerprint density at radius 2 is 1.96 bits per heavy atom. The molecule has 0 radical (unpaired) electrons. The van der Waals surface area contributed by atoms with E-state index in [1.807, 2.05) is 32.0 Å². The van der Waals surface area contributed by atoms with Crippen molar-refractivity contribution in [2.75, 3.05) is 37.0 Å². The molecule has 0 aromatic carbocycles. The SMILES string of the molecule is Cc1ccc(=O)n(CC2CCN(c3cc(N(C)C)ncn3)CC2)n1. The minimum atomic E-state index is -0.0190. The summed E-state index contributed by atoms with van der Waals surface area (Å²) in [7, 11) is 3.95. The van der Waals surface area contributed by atoms with E-state index in [1.54, 1.807) is 23.1 Å². The predicted molar refractivity (Wildman–Crippen MR) is 94.5 cm³/mol. The standard InChI is InChI=1S/C17H24N6O/c1-13-4-5-17(24)23(20-13)11-14-6-8-22(9-7-14)16-10-15(21(2)3)18-12-19-16/h4-5,10,12,14H,6-9,11H2,1-3H3. The Morgan fingerprint density at radius 1 is 1.21 bits per heavy atom. The van der Waals surface area contributed by atoms with Gasteiger partial charge in [-0.05, 0) is 31.7 Å². The first-order valence-electron chi connectivity index (χ1n) is 8.32. The van der Waals surface area contributed by atoms with E-state index in [0.717, 1.165) is 43.3 Å². The normalized spacial score (nSPS) is 15.5. The van der Waals surface area contributed by atoms with E-state index in [-0.39, 0.29) is 5.56 Å². The second kappa shape index (κ2) is 6.98. The molecule has 0 aliphatic carbocycles. The Kier molecular flexibility index (Phi) is 4.78. The molecule has 3 rings (SSSR count). The fourth-order valence-electron chi connectivity index (χ4n) is 3.03. The van der Waals surface area contributed by atoms with Crippen LogP contribution in [0.25, 0.3) is 0 Å². The first-order chi connectivity index (χ1) is 11.5. The quantitative estimate of drug-likeness (QED) is 0.843. The number of hydrogen-bond donors (Lipinski definition) is 0. The summed E-state index contributed by atoms with van der Waals surface area (Å²) in [6, 6.07) is 5.38. The second-order valence-electron chi connectivity index (χ2n) is 6.55. The van der Waals surface area contributed by atoms with Crippen molar-refractivity contribution in [3.63, 3.8) is 0 Å². The van der Waals surface area contributed by atoms with Crippen molar-refractivity contribution in [2.24, 2.45) is 5.92 Å². The number of piperidine rings is 1. The molecule has 1 fully saturated rings. The van der Waals surface area contributed by atoms with Gasteiger partial charge in [-0.15, -0.1) is 0 Å². The van der Waals surface area contributed by atoms with Crippen LogP contribution >= 0.6 is 0 Å². The average molecular weight is 328 g/mol. The molecule has 0 bridgehead atoms. The van der Waals surface area contributed by atoms with Gasteiger partial charge in [0.25, 0.3) is 5.56 Å². The third-order valence-corrected chi connectivity index (χ3v) is 4.47. The number of aryl methyl sites for hydroxylation is 1. The summed E-state index contributed by atoms with van der Waals surface area (Å²) in [5.41, 5.74) is 0.860. The van der Waals surface area contributed by atoms with Crippen molar-refractivity contribution >= 4 is 11.6 Å². The highest BCUT2D eigenvalue weighted by atomic mass is 16.1. The van der Waals surface area contributed by atoms with E-state index < -0.39 is 0 Å². The van der Waals surface area contributed by atoms with Crippen LogP contribution in [0.15, 0.2) is 29.3 Å². The van der Waals surface area contributed by atoms with Gasteiger partial charge in [0.1, 0.15) is 18.0 Å². The van der Waals surface area contributed by atoms with Gasteiger partial charge in [0.05, 0.1) is 5.69 Å². The number of anilines is 2. The van der Waals surface area contributed by atoms with Crippen molar-refractivity contribution in [1.82, 2.24) is 19.7 Å². The molecule has 2 aromatic heterocycles. The van der Waals surface area contributed by atoms with E-state index in [2.05, 4.69) is 20.0 Å². The Labute approximate surface area is 142 Å². The maximum absolute atomic E-state index is 11.9. The van der Waals surface area contributed by atoms with Gasteiger partial charge in [0, 0.05) is 45.9 Å². The van der Waals surface area contributed by atoms with Crippen LogP contribution < -0.4 is 15.4 Å². The minimum absolute atomic E-state index is 0.0190. The van der Waals surface area contributed by atoms with E-state index in [0.29, 0.717) is 12.5 Å². The largest absolute Gasteiger partial charge is 0.363 e. The Hall–Kier alpha value is -2.44. The van der Waals surface area contributed by atoms with Crippen LogP contribution in [0.1, 0.15) is 18.5 Å². The van der Waals surface area contributed by atoms with Gasteiger partial charge >= 0.3 is 0 Å². The summed E-state index contributed by atoms with van der Waals surface area (Å²) in [4.78, 5) is 24.8. The second-order valence-corrected chi connectivity index (χ2v) is 6.55. The molecule has 3 heterocycles.